The highest BCUT2D eigenvalue weighted by molar-refractivity contribution is 6.31. The number of anilines is 1. The number of ether oxygens (including phenoxy) is 1. The van der Waals surface area contributed by atoms with E-state index in [1.165, 1.54) is 6.07 Å². The first kappa shape index (κ1) is 16.2. The van der Waals surface area contributed by atoms with Gasteiger partial charge in [-0.1, -0.05) is 35.9 Å². The molecule has 2 aromatic rings. The van der Waals surface area contributed by atoms with Gasteiger partial charge in [-0.25, -0.2) is 4.79 Å². The number of hydrogen-bond donors (Lipinski definition) is 0. The summed E-state index contributed by atoms with van der Waals surface area (Å²) >= 11 is 6.02. The van der Waals surface area contributed by atoms with Crippen LogP contribution in [-0.4, -0.2) is 17.8 Å². The molecule has 3 rings (SSSR count). The van der Waals surface area contributed by atoms with E-state index in [1.807, 2.05) is 0 Å². The van der Waals surface area contributed by atoms with Crippen molar-refractivity contribution < 1.29 is 19.1 Å². The van der Waals surface area contributed by atoms with Crippen LogP contribution in [0, 0.1) is 0 Å². The molecule has 1 saturated heterocycles. The van der Waals surface area contributed by atoms with Crippen LogP contribution in [0.5, 0.6) is 0 Å². The molecule has 0 aromatic heterocycles. The molecule has 1 aliphatic rings. The minimum Gasteiger partial charge on any atom is -0.457 e. The minimum absolute atomic E-state index is 0.0459. The molecule has 0 atom stereocenters. The number of carbonyl (C=O) groups excluding carboxylic acids is 3. The van der Waals surface area contributed by atoms with Gasteiger partial charge in [0.2, 0.25) is 11.8 Å². The molecule has 1 fully saturated rings. The number of nitrogens with zero attached hydrogens (tertiary/aromatic N) is 1. The fourth-order valence-corrected chi connectivity index (χ4v) is 2.67. The molecule has 0 N–H and O–H groups in total. The SMILES string of the molecule is O=C(OCc1ccccc1Cl)c1cccc(N2C(=O)CCC2=O)c1. The number of imide groups is 1. The molecule has 24 heavy (non-hydrogen) atoms. The van der Waals surface area contributed by atoms with Crippen molar-refractivity contribution in [3.8, 4) is 0 Å². The van der Waals surface area contributed by atoms with Crippen molar-refractivity contribution in [2.75, 3.05) is 4.90 Å². The number of benzene rings is 2. The normalized spacial score (nSPS) is 14.1. The van der Waals surface area contributed by atoms with Crippen molar-refractivity contribution >= 4 is 35.1 Å². The molecule has 0 spiro atoms. The van der Waals surface area contributed by atoms with Gasteiger partial charge < -0.3 is 4.74 Å². The van der Waals surface area contributed by atoms with Gasteiger partial charge in [-0.05, 0) is 24.3 Å². The Balaban J connectivity index is 1.74. The lowest BCUT2D eigenvalue weighted by Crippen LogP contribution is -2.28. The summed E-state index contributed by atoms with van der Waals surface area (Å²) in [6.45, 7) is 0.0459. The van der Waals surface area contributed by atoms with E-state index in [4.69, 9.17) is 16.3 Å². The smallest absolute Gasteiger partial charge is 0.338 e. The molecule has 1 aliphatic heterocycles. The van der Waals surface area contributed by atoms with Gasteiger partial charge in [0, 0.05) is 23.4 Å². The molecule has 0 radical (unpaired) electrons. The number of esters is 1. The van der Waals surface area contributed by atoms with Crippen molar-refractivity contribution in [3.05, 3.63) is 64.7 Å². The molecule has 2 aromatic carbocycles. The molecular formula is C18H14ClNO4. The topological polar surface area (TPSA) is 63.7 Å². The quantitative estimate of drug-likeness (QED) is 0.631. The average molecular weight is 344 g/mol. The highest BCUT2D eigenvalue weighted by atomic mass is 35.5. The first-order valence-electron chi connectivity index (χ1n) is 7.42. The van der Waals surface area contributed by atoms with Gasteiger partial charge >= 0.3 is 5.97 Å². The third kappa shape index (κ3) is 3.31. The van der Waals surface area contributed by atoms with Crippen molar-refractivity contribution in [2.24, 2.45) is 0 Å². The number of hydrogen-bond acceptors (Lipinski definition) is 4. The van der Waals surface area contributed by atoms with E-state index in [0.29, 0.717) is 16.3 Å². The molecule has 0 saturated carbocycles. The van der Waals surface area contributed by atoms with Crippen LogP contribution in [0.3, 0.4) is 0 Å². The van der Waals surface area contributed by atoms with Gasteiger partial charge in [-0.15, -0.1) is 0 Å². The van der Waals surface area contributed by atoms with Crippen molar-refractivity contribution in [1.82, 2.24) is 0 Å². The van der Waals surface area contributed by atoms with E-state index in [1.54, 1.807) is 42.5 Å². The summed E-state index contributed by atoms with van der Waals surface area (Å²) in [6.07, 6.45) is 0.389. The van der Waals surface area contributed by atoms with Crippen LogP contribution in [0.2, 0.25) is 5.02 Å². The Hall–Kier alpha value is -2.66. The highest BCUT2D eigenvalue weighted by Crippen LogP contribution is 2.24. The third-order valence-electron chi connectivity index (χ3n) is 3.71. The van der Waals surface area contributed by atoms with Gasteiger partial charge in [0.15, 0.2) is 0 Å². The summed E-state index contributed by atoms with van der Waals surface area (Å²) < 4.78 is 5.25. The summed E-state index contributed by atoms with van der Waals surface area (Å²) in [5.74, 6) is -1.07. The number of amides is 2. The summed E-state index contributed by atoms with van der Waals surface area (Å²) in [6, 6.07) is 13.4. The standard InChI is InChI=1S/C18H14ClNO4/c19-15-7-2-1-4-13(15)11-24-18(23)12-5-3-6-14(10-12)20-16(21)8-9-17(20)22/h1-7,10H,8-9,11H2. The van der Waals surface area contributed by atoms with Crippen LogP contribution in [0.4, 0.5) is 5.69 Å². The molecule has 1 heterocycles. The lowest BCUT2D eigenvalue weighted by molar-refractivity contribution is -0.121. The largest absolute Gasteiger partial charge is 0.457 e. The lowest BCUT2D eigenvalue weighted by Gasteiger charge is -2.14. The Morgan fingerprint density at radius 1 is 1.04 bits per heavy atom. The monoisotopic (exact) mass is 343 g/mol. The maximum Gasteiger partial charge on any atom is 0.338 e. The molecular weight excluding hydrogens is 330 g/mol. The second kappa shape index (κ2) is 6.84. The maximum absolute atomic E-state index is 12.2. The average Bonchev–Trinajstić information content (AvgIpc) is 2.92. The van der Waals surface area contributed by atoms with E-state index < -0.39 is 5.97 Å². The Morgan fingerprint density at radius 2 is 1.75 bits per heavy atom. The Labute approximate surface area is 143 Å². The van der Waals surface area contributed by atoms with E-state index >= 15 is 0 Å². The fraction of sp³-hybridized carbons (Fsp3) is 0.167. The molecule has 0 aliphatic carbocycles. The zero-order valence-corrected chi connectivity index (χ0v) is 13.5. The predicted molar refractivity (Wildman–Crippen MR) is 88.7 cm³/mol. The molecule has 2 amide bonds. The zero-order chi connectivity index (χ0) is 17.1. The number of carbonyl (C=O) groups is 3. The predicted octanol–water partition coefficient (Wildman–Crippen LogP) is 3.35. The van der Waals surface area contributed by atoms with Crippen LogP contribution < -0.4 is 4.90 Å². The van der Waals surface area contributed by atoms with Gasteiger partial charge in [-0.3, -0.25) is 14.5 Å². The Morgan fingerprint density at radius 3 is 2.46 bits per heavy atom. The summed E-state index contributed by atoms with van der Waals surface area (Å²) in [5.41, 5.74) is 1.36. The lowest BCUT2D eigenvalue weighted by atomic mass is 10.2. The van der Waals surface area contributed by atoms with Crippen molar-refractivity contribution in [3.63, 3.8) is 0 Å². The van der Waals surface area contributed by atoms with Gasteiger partial charge in [0.1, 0.15) is 6.61 Å². The van der Waals surface area contributed by atoms with Crippen LogP contribution in [0.1, 0.15) is 28.8 Å². The van der Waals surface area contributed by atoms with E-state index in [9.17, 15) is 14.4 Å². The molecule has 122 valence electrons. The van der Waals surface area contributed by atoms with Crippen LogP contribution in [0.15, 0.2) is 48.5 Å². The minimum atomic E-state index is -0.545. The first-order chi connectivity index (χ1) is 11.6. The summed E-state index contributed by atoms with van der Waals surface area (Å²) in [5, 5.41) is 0.521. The molecule has 6 heteroatoms. The van der Waals surface area contributed by atoms with E-state index in [0.717, 1.165) is 4.90 Å². The first-order valence-corrected chi connectivity index (χ1v) is 7.80. The highest BCUT2D eigenvalue weighted by Gasteiger charge is 2.30. The second-order valence-electron chi connectivity index (χ2n) is 5.34. The Kier molecular flexibility index (Phi) is 4.62. The van der Waals surface area contributed by atoms with Gasteiger partial charge in [-0.2, -0.15) is 0 Å². The van der Waals surface area contributed by atoms with Crippen LogP contribution in [0.25, 0.3) is 0 Å². The summed E-state index contributed by atoms with van der Waals surface area (Å²) in [4.78, 5) is 36.9. The summed E-state index contributed by atoms with van der Waals surface area (Å²) in [7, 11) is 0. The van der Waals surface area contributed by atoms with Gasteiger partial charge in [0.05, 0.1) is 11.3 Å². The van der Waals surface area contributed by atoms with E-state index in [-0.39, 0.29) is 36.8 Å². The molecule has 5 nitrogen and oxygen atoms in total. The van der Waals surface area contributed by atoms with Crippen molar-refractivity contribution in [2.45, 2.75) is 19.4 Å². The van der Waals surface area contributed by atoms with E-state index in [2.05, 4.69) is 0 Å². The van der Waals surface area contributed by atoms with Gasteiger partial charge in [0.25, 0.3) is 0 Å². The number of rotatable bonds is 4. The second-order valence-corrected chi connectivity index (χ2v) is 5.75. The third-order valence-corrected chi connectivity index (χ3v) is 4.08. The zero-order valence-electron chi connectivity index (χ0n) is 12.7. The fourth-order valence-electron chi connectivity index (χ4n) is 2.48. The molecule has 0 bridgehead atoms. The Bertz CT molecular complexity index is 802. The van der Waals surface area contributed by atoms with Crippen LogP contribution >= 0.6 is 11.6 Å². The molecule has 0 unspecified atom stereocenters. The van der Waals surface area contributed by atoms with Crippen LogP contribution in [-0.2, 0) is 20.9 Å². The maximum atomic E-state index is 12.2. The van der Waals surface area contributed by atoms with Crippen molar-refractivity contribution in [1.29, 1.82) is 0 Å². The number of halogens is 1.